The standard InChI is InChI=1S/C18H23ClFN5O2/c1-10-9-24(6-7-25(10)17(26)27-18(3,4)5)15-12-8-21-11(2)13(20)14(12)22-16(19)23-15/h8,10H,6-7,9H2,1-5H3/t10-/m0/s1. The summed E-state index contributed by atoms with van der Waals surface area (Å²) in [7, 11) is 0. The Labute approximate surface area is 162 Å². The largest absolute Gasteiger partial charge is 0.444 e. The van der Waals surface area contributed by atoms with Crippen LogP contribution in [-0.4, -0.2) is 57.2 Å². The van der Waals surface area contributed by atoms with Gasteiger partial charge in [-0.25, -0.2) is 14.2 Å². The first-order valence-electron chi connectivity index (χ1n) is 8.79. The molecule has 0 spiro atoms. The molecule has 27 heavy (non-hydrogen) atoms. The van der Waals surface area contributed by atoms with Crippen LogP contribution in [0.25, 0.3) is 10.9 Å². The van der Waals surface area contributed by atoms with Gasteiger partial charge in [0, 0.05) is 31.9 Å². The number of carbonyl (C=O) groups is 1. The number of amides is 1. The summed E-state index contributed by atoms with van der Waals surface area (Å²) in [6.07, 6.45) is 1.22. The Hall–Kier alpha value is -2.22. The highest BCUT2D eigenvalue weighted by atomic mass is 35.5. The van der Waals surface area contributed by atoms with Crippen molar-refractivity contribution in [2.45, 2.75) is 46.3 Å². The summed E-state index contributed by atoms with van der Waals surface area (Å²) in [5.41, 5.74) is -0.142. The monoisotopic (exact) mass is 395 g/mol. The highest BCUT2D eigenvalue weighted by molar-refractivity contribution is 6.28. The predicted molar refractivity (Wildman–Crippen MR) is 102 cm³/mol. The number of rotatable bonds is 1. The topological polar surface area (TPSA) is 71.5 Å². The first-order chi connectivity index (χ1) is 12.6. The zero-order chi connectivity index (χ0) is 19.9. The fourth-order valence-corrected chi connectivity index (χ4v) is 3.25. The minimum Gasteiger partial charge on any atom is -0.444 e. The minimum absolute atomic E-state index is 0.0239. The van der Waals surface area contributed by atoms with Gasteiger partial charge in [0.25, 0.3) is 0 Å². The Morgan fingerprint density at radius 1 is 1.33 bits per heavy atom. The van der Waals surface area contributed by atoms with E-state index in [0.29, 0.717) is 30.8 Å². The first kappa shape index (κ1) is 19.5. The lowest BCUT2D eigenvalue weighted by molar-refractivity contribution is 0.0159. The van der Waals surface area contributed by atoms with Gasteiger partial charge in [-0.3, -0.25) is 4.98 Å². The van der Waals surface area contributed by atoms with Crippen molar-refractivity contribution in [2.24, 2.45) is 0 Å². The number of halogens is 2. The smallest absolute Gasteiger partial charge is 0.410 e. The van der Waals surface area contributed by atoms with Gasteiger partial charge in [-0.15, -0.1) is 0 Å². The molecule has 7 nitrogen and oxygen atoms in total. The molecule has 1 saturated heterocycles. The van der Waals surface area contributed by atoms with Crippen LogP contribution in [0.5, 0.6) is 0 Å². The number of hydrogen-bond donors (Lipinski definition) is 0. The highest BCUT2D eigenvalue weighted by Crippen LogP contribution is 2.29. The van der Waals surface area contributed by atoms with E-state index in [1.165, 1.54) is 0 Å². The van der Waals surface area contributed by atoms with Crippen LogP contribution in [0, 0.1) is 12.7 Å². The quantitative estimate of drug-likeness (QED) is 0.687. The maximum Gasteiger partial charge on any atom is 0.410 e. The molecule has 0 N–H and O–H groups in total. The van der Waals surface area contributed by atoms with Crippen LogP contribution < -0.4 is 4.90 Å². The zero-order valence-electron chi connectivity index (χ0n) is 16.1. The van der Waals surface area contributed by atoms with E-state index >= 15 is 0 Å². The molecule has 9 heteroatoms. The Bertz CT molecular complexity index is 886. The van der Waals surface area contributed by atoms with Gasteiger partial charge in [0.05, 0.1) is 11.1 Å². The van der Waals surface area contributed by atoms with Crippen LogP contribution in [0.1, 0.15) is 33.4 Å². The highest BCUT2D eigenvalue weighted by Gasteiger charge is 2.32. The number of piperazine rings is 1. The van der Waals surface area contributed by atoms with Crippen LogP contribution >= 0.6 is 11.6 Å². The second-order valence-corrected chi connectivity index (χ2v) is 8.04. The van der Waals surface area contributed by atoms with E-state index < -0.39 is 11.4 Å². The van der Waals surface area contributed by atoms with E-state index in [-0.39, 0.29) is 28.6 Å². The summed E-state index contributed by atoms with van der Waals surface area (Å²) in [4.78, 5) is 28.5. The summed E-state index contributed by atoms with van der Waals surface area (Å²) >= 11 is 6.04. The molecule has 1 atom stereocenters. The van der Waals surface area contributed by atoms with E-state index in [1.807, 2.05) is 32.6 Å². The lowest BCUT2D eigenvalue weighted by Gasteiger charge is -2.40. The van der Waals surface area contributed by atoms with Crippen molar-refractivity contribution in [3.8, 4) is 0 Å². The first-order valence-corrected chi connectivity index (χ1v) is 9.17. The fourth-order valence-electron chi connectivity index (χ4n) is 3.09. The molecule has 1 aliphatic rings. The SMILES string of the molecule is Cc1ncc2c(N3CCN(C(=O)OC(C)(C)C)[C@@H](C)C3)nc(Cl)nc2c1F. The van der Waals surface area contributed by atoms with Gasteiger partial charge >= 0.3 is 6.09 Å². The van der Waals surface area contributed by atoms with E-state index in [9.17, 15) is 9.18 Å². The fraction of sp³-hybridized carbons (Fsp3) is 0.556. The molecule has 1 aliphatic heterocycles. The molecule has 2 aromatic rings. The molecule has 146 valence electrons. The van der Waals surface area contributed by atoms with Gasteiger partial charge in [0.2, 0.25) is 5.28 Å². The Morgan fingerprint density at radius 3 is 2.67 bits per heavy atom. The molecule has 0 bridgehead atoms. The van der Waals surface area contributed by atoms with Gasteiger partial charge < -0.3 is 14.5 Å². The van der Waals surface area contributed by atoms with Crippen LogP contribution in [-0.2, 0) is 4.74 Å². The molecule has 0 aliphatic carbocycles. The molecule has 0 aromatic carbocycles. The van der Waals surface area contributed by atoms with Gasteiger partial charge in [-0.2, -0.15) is 4.98 Å². The number of hydrogen-bond acceptors (Lipinski definition) is 6. The summed E-state index contributed by atoms with van der Waals surface area (Å²) in [6, 6.07) is -0.111. The number of carbonyl (C=O) groups excluding carboxylic acids is 1. The minimum atomic E-state index is -0.550. The van der Waals surface area contributed by atoms with Crippen molar-refractivity contribution >= 4 is 34.4 Å². The van der Waals surface area contributed by atoms with Gasteiger partial charge in [-0.1, -0.05) is 0 Å². The Balaban J connectivity index is 1.88. The summed E-state index contributed by atoms with van der Waals surface area (Å²) in [5, 5.41) is 0.477. The van der Waals surface area contributed by atoms with E-state index in [2.05, 4.69) is 15.0 Å². The van der Waals surface area contributed by atoms with Crippen LogP contribution in [0.15, 0.2) is 6.20 Å². The molecule has 3 rings (SSSR count). The van der Waals surface area contributed by atoms with Crippen LogP contribution in [0.4, 0.5) is 15.0 Å². The zero-order valence-corrected chi connectivity index (χ0v) is 16.8. The van der Waals surface area contributed by atoms with Crippen molar-refractivity contribution in [2.75, 3.05) is 24.5 Å². The number of anilines is 1. The maximum atomic E-state index is 14.4. The normalized spacial score (nSPS) is 18.1. The van der Waals surface area contributed by atoms with Crippen molar-refractivity contribution in [3.05, 3.63) is 23.0 Å². The predicted octanol–water partition coefficient (Wildman–Crippen LogP) is 3.57. The van der Waals surface area contributed by atoms with Gasteiger partial charge in [-0.05, 0) is 46.2 Å². The summed E-state index contributed by atoms with van der Waals surface area (Å²) < 4.78 is 19.9. The molecular weight excluding hydrogens is 373 g/mol. The number of aromatic nitrogens is 3. The second kappa shape index (κ2) is 7.07. The van der Waals surface area contributed by atoms with E-state index in [4.69, 9.17) is 16.3 Å². The molecular formula is C18H23ClFN5O2. The van der Waals surface area contributed by atoms with E-state index in [0.717, 1.165) is 0 Å². The second-order valence-electron chi connectivity index (χ2n) is 7.70. The number of nitrogens with zero attached hydrogens (tertiary/aromatic N) is 5. The molecule has 3 heterocycles. The van der Waals surface area contributed by atoms with Crippen molar-refractivity contribution in [1.82, 2.24) is 19.9 Å². The third-order valence-electron chi connectivity index (χ3n) is 4.37. The number of fused-ring (bicyclic) bond motifs is 1. The average Bonchev–Trinajstić information content (AvgIpc) is 2.56. The molecule has 0 radical (unpaired) electrons. The third-order valence-corrected chi connectivity index (χ3v) is 4.54. The summed E-state index contributed by atoms with van der Waals surface area (Å²) in [6.45, 7) is 10.5. The molecule has 0 unspecified atom stereocenters. The Kier molecular flexibility index (Phi) is 5.12. The van der Waals surface area contributed by atoms with Crippen molar-refractivity contribution in [3.63, 3.8) is 0 Å². The third kappa shape index (κ3) is 4.05. The molecule has 1 fully saturated rings. The lowest BCUT2D eigenvalue weighted by atomic mass is 10.1. The van der Waals surface area contributed by atoms with Crippen LogP contribution in [0.3, 0.4) is 0 Å². The average molecular weight is 396 g/mol. The lowest BCUT2D eigenvalue weighted by Crippen LogP contribution is -2.55. The summed E-state index contributed by atoms with van der Waals surface area (Å²) in [5.74, 6) is 0.0191. The van der Waals surface area contributed by atoms with Gasteiger partial charge in [0.1, 0.15) is 16.9 Å². The molecule has 2 aromatic heterocycles. The number of pyridine rings is 1. The van der Waals surface area contributed by atoms with Crippen molar-refractivity contribution < 1.29 is 13.9 Å². The molecule has 0 saturated carbocycles. The van der Waals surface area contributed by atoms with E-state index in [1.54, 1.807) is 18.0 Å². The van der Waals surface area contributed by atoms with Crippen molar-refractivity contribution in [1.29, 1.82) is 0 Å². The van der Waals surface area contributed by atoms with Gasteiger partial charge in [0.15, 0.2) is 5.82 Å². The van der Waals surface area contributed by atoms with Crippen LogP contribution in [0.2, 0.25) is 5.28 Å². The number of ether oxygens (including phenoxy) is 1. The Morgan fingerprint density at radius 2 is 2.04 bits per heavy atom. The number of aryl methyl sites for hydroxylation is 1. The maximum absolute atomic E-state index is 14.4. The molecule has 1 amide bonds.